The zero-order valence-electron chi connectivity index (χ0n) is 20.4. The molecule has 1 saturated heterocycles. The Morgan fingerprint density at radius 2 is 1.70 bits per heavy atom. The number of fused-ring (bicyclic) bond motifs is 1. The first-order chi connectivity index (χ1) is 17.9. The molecule has 0 bridgehead atoms. The summed E-state index contributed by atoms with van der Waals surface area (Å²) in [6.07, 6.45) is 2.33. The molecule has 3 N–H and O–H groups in total. The fraction of sp³-hybridized carbons (Fsp3) is 0.172. The first-order valence-electron chi connectivity index (χ1n) is 11.8. The summed E-state index contributed by atoms with van der Waals surface area (Å²) in [5.74, 6) is -0.460. The minimum atomic E-state index is -0.867. The molecular weight excluding hydrogens is 472 g/mol. The van der Waals surface area contributed by atoms with E-state index in [-0.39, 0.29) is 23.6 Å². The second-order valence-electron chi connectivity index (χ2n) is 8.79. The molecule has 3 aromatic carbocycles. The highest BCUT2D eigenvalue weighted by molar-refractivity contribution is 6.46. The number of ketones is 1. The van der Waals surface area contributed by atoms with Crippen molar-refractivity contribution in [3.63, 3.8) is 0 Å². The molecule has 0 radical (unpaired) electrons. The Kier molecular flexibility index (Phi) is 6.31. The van der Waals surface area contributed by atoms with E-state index in [1.165, 1.54) is 24.1 Å². The Morgan fingerprint density at radius 1 is 0.973 bits per heavy atom. The molecule has 1 fully saturated rings. The van der Waals surface area contributed by atoms with Gasteiger partial charge in [0.2, 0.25) is 0 Å². The number of Topliss-reactive ketones (excluding diaryl/α,β-unsaturated/α-hetero) is 1. The summed E-state index contributed by atoms with van der Waals surface area (Å²) in [6.45, 7) is 0.217. The molecule has 1 amide bonds. The second-order valence-corrected chi connectivity index (χ2v) is 8.79. The maximum atomic E-state index is 13.3. The molecule has 0 spiro atoms. The van der Waals surface area contributed by atoms with Gasteiger partial charge in [-0.1, -0.05) is 12.1 Å². The molecule has 2 heterocycles. The van der Waals surface area contributed by atoms with Crippen LogP contribution in [0.1, 0.15) is 22.7 Å². The van der Waals surface area contributed by atoms with E-state index in [0.717, 1.165) is 16.5 Å². The summed E-state index contributed by atoms with van der Waals surface area (Å²) in [7, 11) is 3.14. The lowest BCUT2D eigenvalue weighted by molar-refractivity contribution is -0.139. The van der Waals surface area contributed by atoms with Crippen LogP contribution in [0.4, 0.5) is 0 Å². The fourth-order valence-electron chi connectivity index (χ4n) is 4.79. The first kappa shape index (κ1) is 24.0. The van der Waals surface area contributed by atoms with Gasteiger partial charge >= 0.3 is 0 Å². The number of methoxy groups -OCH3 is 2. The Balaban J connectivity index is 1.55. The van der Waals surface area contributed by atoms with Crippen LogP contribution in [-0.2, 0) is 16.0 Å². The number of aromatic hydroxyl groups is 1. The third kappa shape index (κ3) is 4.38. The molecule has 0 unspecified atom stereocenters. The van der Waals surface area contributed by atoms with E-state index in [1.807, 2.05) is 24.4 Å². The average molecular weight is 499 g/mol. The van der Waals surface area contributed by atoms with Crippen LogP contribution in [0.5, 0.6) is 17.2 Å². The Morgan fingerprint density at radius 3 is 2.41 bits per heavy atom. The van der Waals surface area contributed by atoms with Gasteiger partial charge < -0.3 is 29.6 Å². The summed E-state index contributed by atoms with van der Waals surface area (Å²) in [4.78, 5) is 31.2. The van der Waals surface area contributed by atoms with Crippen molar-refractivity contribution in [2.75, 3.05) is 20.8 Å². The number of rotatable bonds is 7. The van der Waals surface area contributed by atoms with Crippen molar-refractivity contribution in [1.82, 2.24) is 9.88 Å². The molecule has 1 aliphatic rings. The largest absolute Gasteiger partial charge is 0.508 e. The highest BCUT2D eigenvalue weighted by Crippen LogP contribution is 2.40. The smallest absolute Gasteiger partial charge is 0.295 e. The normalized spacial score (nSPS) is 16.9. The molecule has 1 atom stereocenters. The Labute approximate surface area is 213 Å². The summed E-state index contributed by atoms with van der Waals surface area (Å²) < 4.78 is 10.5. The van der Waals surface area contributed by atoms with Gasteiger partial charge in [-0.05, 0) is 72.1 Å². The van der Waals surface area contributed by atoms with E-state index >= 15 is 0 Å². The molecule has 0 aliphatic carbocycles. The number of likely N-dealkylation sites (tertiary alicyclic amines) is 1. The van der Waals surface area contributed by atoms with Crippen molar-refractivity contribution in [2.24, 2.45) is 0 Å². The molecular formula is C29H26N2O6. The van der Waals surface area contributed by atoms with E-state index in [0.29, 0.717) is 29.0 Å². The lowest BCUT2D eigenvalue weighted by atomic mass is 9.95. The highest BCUT2D eigenvalue weighted by Gasteiger charge is 2.46. The number of carbonyl (C=O) groups is 2. The number of nitrogens with zero attached hydrogens (tertiary/aromatic N) is 1. The predicted octanol–water partition coefficient (Wildman–Crippen LogP) is 4.56. The lowest BCUT2D eigenvalue weighted by Crippen LogP contribution is -2.31. The number of amides is 1. The van der Waals surface area contributed by atoms with Crippen LogP contribution in [0, 0.1) is 0 Å². The highest BCUT2D eigenvalue weighted by atomic mass is 16.5. The second kappa shape index (κ2) is 9.73. The monoisotopic (exact) mass is 498 g/mol. The van der Waals surface area contributed by atoms with Crippen molar-refractivity contribution in [3.05, 3.63) is 95.2 Å². The zero-order valence-corrected chi connectivity index (χ0v) is 20.4. The number of ether oxygens (including phenoxy) is 2. The molecule has 5 rings (SSSR count). The number of benzene rings is 3. The number of aliphatic hydroxyl groups is 1. The molecule has 0 saturated carbocycles. The maximum absolute atomic E-state index is 13.3. The fourth-order valence-corrected chi connectivity index (χ4v) is 4.79. The van der Waals surface area contributed by atoms with Gasteiger partial charge in [-0.25, -0.2) is 0 Å². The van der Waals surface area contributed by atoms with Gasteiger partial charge in [0, 0.05) is 29.2 Å². The first-order valence-corrected chi connectivity index (χ1v) is 11.8. The van der Waals surface area contributed by atoms with Crippen LogP contribution < -0.4 is 9.47 Å². The molecule has 1 aromatic heterocycles. The van der Waals surface area contributed by atoms with Gasteiger partial charge in [-0.15, -0.1) is 0 Å². The topological polar surface area (TPSA) is 112 Å². The Bertz CT molecular complexity index is 1520. The van der Waals surface area contributed by atoms with Crippen molar-refractivity contribution < 1.29 is 29.3 Å². The molecule has 188 valence electrons. The van der Waals surface area contributed by atoms with Crippen LogP contribution in [0.3, 0.4) is 0 Å². The molecule has 8 heteroatoms. The summed E-state index contributed by atoms with van der Waals surface area (Å²) in [5.41, 5.74) is 2.77. The number of hydrogen-bond acceptors (Lipinski definition) is 6. The lowest BCUT2D eigenvalue weighted by Gasteiger charge is -2.25. The SMILES string of the molecule is COc1ccc(C(O)=C2C(=O)C(=O)N(CCc3c[nH]c4ccc(OC)cc34)[C@@H]2c2cccc(O)c2)cc1. The van der Waals surface area contributed by atoms with Crippen LogP contribution in [0.25, 0.3) is 16.7 Å². The van der Waals surface area contributed by atoms with Crippen LogP contribution >= 0.6 is 0 Å². The van der Waals surface area contributed by atoms with Gasteiger partial charge in [-0.3, -0.25) is 9.59 Å². The number of H-pyrrole nitrogens is 1. The van der Waals surface area contributed by atoms with Crippen molar-refractivity contribution >= 4 is 28.4 Å². The number of aromatic amines is 1. The average Bonchev–Trinajstić information content (AvgIpc) is 3.44. The van der Waals surface area contributed by atoms with E-state index < -0.39 is 17.7 Å². The quantitative estimate of drug-likeness (QED) is 0.196. The predicted molar refractivity (Wildman–Crippen MR) is 139 cm³/mol. The minimum absolute atomic E-state index is 0.00346. The van der Waals surface area contributed by atoms with Crippen molar-refractivity contribution in [2.45, 2.75) is 12.5 Å². The van der Waals surface area contributed by atoms with Gasteiger partial charge in [0.1, 0.15) is 23.0 Å². The van der Waals surface area contributed by atoms with E-state index in [9.17, 15) is 19.8 Å². The molecule has 1 aliphatic heterocycles. The standard InChI is InChI=1S/C29H26N2O6/c1-36-21-8-6-17(7-9-21)27(33)25-26(18-4-3-5-20(32)14-18)31(29(35)28(25)34)13-12-19-16-30-24-11-10-22(37-2)15-23(19)24/h3-11,14-16,26,30,32-33H,12-13H2,1-2H3/t26-/m1/s1. The van der Waals surface area contributed by atoms with Crippen LogP contribution in [0.15, 0.2) is 78.5 Å². The summed E-state index contributed by atoms with van der Waals surface area (Å²) in [5, 5.41) is 22.3. The maximum Gasteiger partial charge on any atom is 0.295 e. The summed E-state index contributed by atoms with van der Waals surface area (Å²) >= 11 is 0. The number of hydrogen-bond donors (Lipinski definition) is 3. The summed E-state index contributed by atoms with van der Waals surface area (Å²) in [6, 6.07) is 17.8. The van der Waals surface area contributed by atoms with Gasteiger partial charge in [-0.2, -0.15) is 0 Å². The minimum Gasteiger partial charge on any atom is -0.508 e. The van der Waals surface area contributed by atoms with Crippen LogP contribution in [-0.4, -0.2) is 52.6 Å². The molecule has 37 heavy (non-hydrogen) atoms. The number of aliphatic hydroxyl groups excluding tert-OH is 1. The van der Waals surface area contributed by atoms with Gasteiger partial charge in [0.25, 0.3) is 11.7 Å². The third-order valence-corrected chi connectivity index (χ3v) is 6.69. The van der Waals surface area contributed by atoms with Gasteiger partial charge in [0.15, 0.2) is 0 Å². The number of nitrogens with one attached hydrogen (secondary N) is 1. The van der Waals surface area contributed by atoms with Crippen LogP contribution in [0.2, 0.25) is 0 Å². The van der Waals surface area contributed by atoms with Crippen molar-refractivity contribution in [1.29, 1.82) is 0 Å². The van der Waals surface area contributed by atoms with Crippen molar-refractivity contribution in [3.8, 4) is 17.2 Å². The number of carbonyl (C=O) groups excluding carboxylic acids is 2. The van der Waals surface area contributed by atoms with E-state index in [1.54, 1.807) is 43.5 Å². The van der Waals surface area contributed by atoms with Gasteiger partial charge in [0.05, 0.1) is 25.8 Å². The third-order valence-electron chi connectivity index (χ3n) is 6.69. The molecule has 8 nitrogen and oxygen atoms in total. The zero-order chi connectivity index (χ0) is 26.1. The van der Waals surface area contributed by atoms with E-state index in [2.05, 4.69) is 4.98 Å². The molecule has 4 aromatic rings. The number of phenols is 1. The van der Waals surface area contributed by atoms with E-state index in [4.69, 9.17) is 9.47 Å². The number of aromatic nitrogens is 1. The number of phenolic OH excluding ortho intramolecular Hbond substituents is 1. The Hall–Kier alpha value is -4.72.